The molecule has 1 aliphatic heterocycles. The monoisotopic (exact) mass is 299 g/mol. The van der Waals surface area contributed by atoms with Crippen LogP contribution in [0.25, 0.3) is 0 Å². The molecule has 7 nitrogen and oxygen atoms in total. The van der Waals surface area contributed by atoms with Gasteiger partial charge in [-0.3, -0.25) is 9.59 Å². The minimum absolute atomic E-state index is 0.0280. The molecule has 0 aromatic rings. The molecule has 1 aliphatic rings. The van der Waals surface area contributed by atoms with Crippen LogP contribution in [0.4, 0.5) is 4.79 Å². The van der Waals surface area contributed by atoms with Crippen molar-refractivity contribution < 1.29 is 19.5 Å². The van der Waals surface area contributed by atoms with Crippen molar-refractivity contribution in [2.75, 3.05) is 40.8 Å². The van der Waals surface area contributed by atoms with Gasteiger partial charge in [0.1, 0.15) is 6.54 Å². The van der Waals surface area contributed by atoms with Gasteiger partial charge in [-0.25, -0.2) is 4.79 Å². The first-order valence-corrected chi connectivity index (χ1v) is 7.17. The summed E-state index contributed by atoms with van der Waals surface area (Å²) in [7, 11) is 4.87. The van der Waals surface area contributed by atoms with Gasteiger partial charge in [-0.05, 0) is 19.3 Å². The summed E-state index contributed by atoms with van der Waals surface area (Å²) < 4.78 is 0. The molecule has 0 saturated carbocycles. The number of likely N-dealkylation sites (N-methyl/N-ethyl adjacent to an activating group) is 2. The molecule has 1 fully saturated rings. The van der Waals surface area contributed by atoms with Crippen molar-refractivity contribution in [1.29, 1.82) is 0 Å². The molecular formula is C14H25N3O4. The first kappa shape index (κ1) is 17.3. The molecule has 1 N–H and O–H groups in total. The lowest BCUT2D eigenvalue weighted by molar-refractivity contribution is -0.152. The van der Waals surface area contributed by atoms with Gasteiger partial charge in [0.25, 0.3) is 0 Å². The number of carboxylic acids is 1. The van der Waals surface area contributed by atoms with Crippen LogP contribution in [0.5, 0.6) is 0 Å². The number of amides is 3. The second kappa shape index (κ2) is 6.78. The van der Waals surface area contributed by atoms with Gasteiger partial charge in [0.2, 0.25) is 5.91 Å². The van der Waals surface area contributed by atoms with E-state index in [0.29, 0.717) is 32.4 Å². The van der Waals surface area contributed by atoms with Crippen molar-refractivity contribution in [3.8, 4) is 0 Å². The minimum Gasteiger partial charge on any atom is -0.481 e. The highest BCUT2D eigenvalue weighted by atomic mass is 16.4. The van der Waals surface area contributed by atoms with Crippen LogP contribution in [-0.2, 0) is 9.59 Å². The molecule has 0 spiro atoms. The van der Waals surface area contributed by atoms with E-state index in [0.717, 1.165) is 0 Å². The van der Waals surface area contributed by atoms with Gasteiger partial charge in [-0.1, -0.05) is 6.92 Å². The molecule has 1 heterocycles. The van der Waals surface area contributed by atoms with Gasteiger partial charge < -0.3 is 19.8 Å². The highest BCUT2D eigenvalue weighted by Gasteiger charge is 2.41. The van der Waals surface area contributed by atoms with E-state index in [-0.39, 0.29) is 18.5 Å². The van der Waals surface area contributed by atoms with E-state index >= 15 is 0 Å². The van der Waals surface area contributed by atoms with E-state index in [4.69, 9.17) is 0 Å². The Kier molecular flexibility index (Phi) is 5.57. The zero-order valence-electron chi connectivity index (χ0n) is 13.3. The molecule has 0 aliphatic carbocycles. The fourth-order valence-electron chi connectivity index (χ4n) is 2.50. The molecule has 21 heavy (non-hydrogen) atoms. The number of carboxylic acid groups (broad SMARTS) is 1. The van der Waals surface area contributed by atoms with Gasteiger partial charge in [0, 0.05) is 34.2 Å². The first-order chi connectivity index (χ1) is 9.73. The van der Waals surface area contributed by atoms with Crippen molar-refractivity contribution in [2.24, 2.45) is 5.41 Å². The molecule has 1 rings (SSSR count). The van der Waals surface area contributed by atoms with Gasteiger partial charge in [0.15, 0.2) is 0 Å². The van der Waals surface area contributed by atoms with Crippen molar-refractivity contribution in [2.45, 2.75) is 26.2 Å². The summed E-state index contributed by atoms with van der Waals surface area (Å²) in [6.07, 6.45) is 1.49. The number of likely N-dealkylation sites (tertiary alicyclic amines) is 1. The maximum Gasteiger partial charge on any atom is 0.320 e. The summed E-state index contributed by atoms with van der Waals surface area (Å²) in [6.45, 7) is 2.73. The zero-order chi connectivity index (χ0) is 16.2. The SMILES string of the molecule is CCC1(C(=O)O)CCN(C(=O)N(C)CC(=O)N(C)C)CC1. The second-order valence-electron chi connectivity index (χ2n) is 5.85. The lowest BCUT2D eigenvalue weighted by atomic mass is 9.76. The molecule has 0 aromatic heterocycles. The number of hydrogen-bond acceptors (Lipinski definition) is 3. The number of piperidine rings is 1. The van der Waals surface area contributed by atoms with Crippen LogP contribution < -0.4 is 0 Å². The van der Waals surface area contributed by atoms with E-state index in [1.165, 1.54) is 9.80 Å². The van der Waals surface area contributed by atoms with Crippen molar-refractivity contribution >= 4 is 17.9 Å². The Morgan fingerprint density at radius 3 is 2.05 bits per heavy atom. The maximum atomic E-state index is 12.3. The third-order valence-corrected chi connectivity index (χ3v) is 4.32. The fourth-order valence-corrected chi connectivity index (χ4v) is 2.50. The Balaban J connectivity index is 2.59. The summed E-state index contributed by atoms with van der Waals surface area (Å²) in [5, 5.41) is 9.34. The molecule has 0 radical (unpaired) electrons. The van der Waals surface area contributed by atoms with Gasteiger partial charge in [0.05, 0.1) is 5.41 Å². The van der Waals surface area contributed by atoms with Crippen molar-refractivity contribution in [1.82, 2.24) is 14.7 Å². The quantitative estimate of drug-likeness (QED) is 0.828. The lowest BCUT2D eigenvalue weighted by Gasteiger charge is -2.39. The number of carbonyl (C=O) groups excluding carboxylic acids is 2. The molecule has 0 aromatic carbocycles. The molecule has 0 unspecified atom stereocenters. The first-order valence-electron chi connectivity index (χ1n) is 7.17. The van der Waals surface area contributed by atoms with Crippen LogP contribution in [0.3, 0.4) is 0 Å². The van der Waals surface area contributed by atoms with Crippen molar-refractivity contribution in [3.63, 3.8) is 0 Å². The normalized spacial score (nSPS) is 17.2. The Bertz CT molecular complexity index is 414. The average Bonchev–Trinajstić information content (AvgIpc) is 2.46. The number of rotatable bonds is 4. The Labute approximate surface area is 125 Å². The van der Waals surface area contributed by atoms with Crippen LogP contribution >= 0.6 is 0 Å². The van der Waals surface area contributed by atoms with Crippen LogP contribution in [0.2, 0.25) is 0 Å². The molecule has 7 heteroatoms. The largest absolute Gasteiger partial charge is 0.481 e. The fraction of sp³-hybridized carbons (Fsp3) is 0.786. The highest BCUT2D eigenvalue weighted by Crippen LogP contribution is 2.35. The van der Waals surface area contributed by atoms with Crippen LogP contribution in [-0.4, -0.2) is 78.5 Å². The van der Waals surface area contributed by atoms with E-state index in [1.54, 1.807) is 26.0 Å². The molecule has 1 saturated heterocycles. The average molecular weight is 299 g/mol. The Morgan fingerprint density at radius 1 is 1.14 bits per heavy atom. The standard InChI is InChI=1S/C14H25N3O4/c1-5-14(12(19)20)6-8-17(9-7-14)13(21)16(4)10-11(18)15(2)3/h5-10H2,1-4H3,(H,19,20). The number of nitrogens with zero attached hydrogens (tertiary/aromatic N) is 3. The van der Waals surface area contributed by atoms with E-state index < -0.39 is 11.4 Å². The van der Waals surface area contributed by atoms with E-state index in [1.807, 2.05) is 6.92 Å². The number of aliphatic carboxylic acids is 1. The third-order valence-electron chi connectivity index (χ3n) is 4.32. The predicted octanol–water partition coefficient (Wildman–Crippen LogP) is 0.703. The molecular weight excluding hydrogens is 274 g/mol. The number of urea groups is 1. The van der Waals surface area contributed by atoms with Gasteiger partial charge >= 0.3 is 12.0 Å². The Morgan fingerprint density at radius 2 is 1.67 bits per heavy atom. The van der Waals surface area contributed by atoms with Gasteiger partial charge in [-0.2, -0.15) is 0 Å². The second-order valence-corrected chi connectivity index (χ2v) is 5.85. The molecule has 0 bridgehead atoms. The lowest BCUT2D eigenvalue weighted by Crippen LogP contribution is -2.51. The smallest absolute Gasteiger partial charge is 0.320 e. The van der Waals surface area contributed by atoms with Crippen LogP contribution in [0, 0.1) is 5.41 Å². The van der Waals surface area contributed by atoms with Crippen LogP contribution in [0.15, 0.2) is 0 Å². The van der Waals surface area contributed by atoms with Crippen LogP contribution in [0.1, 0.15) is 26.2 Å². The summed E-state index contributed by atoms with van der Waals surface area (Å²) in [5.74, 6) is -0.926. The molecule has 3 amide bonds. The topological polar surface area (TPSA) is 81.2 Å². The third kappa shape index (κ3) is 3.86. The van der Waals surface area contributed by atoms with E-state index in [2.05, 4.69) is 0 Å². The predicted molar refractivity (Wildman–Crippen MR) is 77.9 cm³/mol. The Hall–Kier alpha value is -1.79. The zero-order valence-corrected chi connectivity index (χ0v) is 13.3. The maximum absolute atomic E-state index is 12.3. The van der Waals surface area contributed by atoms with Crippen molar-refractivity contribution in [3.05, 3.63) is 0 Å². The summed E-state index contributed by atoms with van der Waals surface area (Å²) in [4.78, 5) is 39.7. The number of carbonyl (C=O) groups is 3. The minimum atomic E-state index is -0.784. The molecule has 0 atom stereocenters. The van der Waals surface area contributed by atoms with E-state index in [9.17, 15) is 19.5 Å². The summed E-state index contributed by atoms with van der Waals surface area (Å²) in [6, 6.07) is -0.222. The highest BCUT2D eigenvalue weighted by molar-refractivity contribution is 5.84. The summed E-state index contributed by atoms with van der Waals surface area (Å²) in [5.41, 5.74) is -0.713. The van der Waals surface area contributed by atoms with Gasteiger partial charge in [-0.15, -0.1) is 0 Å². The summed E-state index contributed by atoms with van der Waals surface area (Å²) >= 11 is 0. The molecule has 120 valence electrons. The number of hydrogen-bond donors (Lipinski definition) is 1.